The molecule has 2 fully saturated rings. The van der Waals surface area contributed by atoms with Crippen LogP contribution in [0.25, 0.3) is 0 Å². The van der Waals surface area contributed by atoms with E-state index in [4.69, 9.17) is 28.4 Å². The number of benzene rings is 1. The zero-order chi connectivity index (χ0) is 44.7. The van der Waals surface area contributed by atoms with Gasteiger partial charge in [-0.25, -0.2) is 9.59 Å². The maximum Gasteiger partial charge on any atom is 0.331 e. The molecule has 3 aliphatic heterocycles. The fourth-order valence-electron chi connectivity index (χ4n) is 6.87. The summed E-state index contributed by atoms with van der Waals surface area (Å²) in [6.07, 6.45) is 7.29. The molecule has 1 spiro atoms. The van der Waals surface area contributed by atoms with Crippen molar-refractivity contribution in [1.82, 2.24) is 0 Å². The number of fused-ring (bicyclic) bond motifs is 2. The van der Waals surface area contributed by atoms with E-state index in [1.807, 2.05) is 26.0 Å². The van der Waals surface area contributed by atoms with Crippen molar-refractivity contribution >= 4 is 11.9 Å². The van der Waals surface area contributed by atoms with Crippen molar-refractivity contribution < 1.29 is 78.9 Å². The van der Waals surface area contributed by atoms with Crippen LogP contribution in [0.15, 0.2) is 96.7 Å². The van der Waals surface area contributed by atoms with Crippen molar-refractivity contribution in [3.05, 3.63) is 108 Å². The number of aromatic hydroxyl groups is 2. The lowest BCUT2D eigenvalue weighted by molar-refractivity contribution is -0.395. The smallest absolute Gasteiger partial charge is 0.331 e. The maximum absolute atomic E-state index is 13.4. The third kappa shape index (κ3) is 13.0. The minimum Gasteiger partial charge on any atom is -0.508 e. The number of ether oxygens (including phenoxy) is 6. The molecule has 0 radical (unpaired) electrons. The highest BCUT2D eigenvalue weighted by Gasteiger charge is 2.63. The van der Waals surface area contributed by atoms with Crippen LogP contribution in [0.2, 0.25) is 0 Å². The lowest BCUT2D eigenvalue weighted by Gasteiger charge is -2.50. The summed E-state index contributed by atoms with van der Waals surface area (Å²) in [5, 5.41) is 86.5. The van der Waals surface area contributed by atoms with Crippen molar-refractivity contribution in [2.24, 2.45) is 5.92 Å². The number of rotatable bonds is 19. The van der Waals surface area contributed by atoms with E-state index < -0.39 is 97.9 Å². The fourth-order valence-corrected chi connectivity index (χ4v) is 6.87. The summed E-state index contributed by atoms with van der Waals surface area (Å²) >= 11 is 0. The number of carbonyl (C=O) groups excluding carboxylic acids is 2. The minimum atomic E-state index is -2.27. The van der Waals surface area contributed by atoms with Crippen LogP contribution >= 0.6 is 0 Å². The molecule has 3 heterocycles. The summed E-state index contributed by atoms with van der Waals surface area (Å²) in [4.78, 5) is 25.7. The fraction of sp³-hybridized carbons (Fsp3) is 0.511. The van der Waals surface area contributed by atoms with Crippen molar-refractivity contribution in [3.63, 3.8) is 0 Å². The third-order valence-corrected chi connectivity index (χ3v) is 10.6. The Bertz CT molecular complexity index is 1810. The normalized spacial score (nSPS) is 30.7. The first-order valence-corrected chi connectivity index (χ1v) is 20.4. The summed E-state index contributed by atoms with van der Waals surface area (Å²) in [5.41, 5.74) is 0.857. The van der Waals surface area contributed by atoms with Crippen LogP contribution < -0.4 is 0 Å². The number of aliphatic hydroxyl groups is 6. The Morgan fingerprint density at radius 1 is 0.918 bits per heavy atom. The van der Waals surface area contributed by atoms with Gasteiger partial charge in [0.15, 0.2) is 18.5 Å². The number of phenolic OH excluding ortho intramolecular Hbond substituents is 2. The first-order valence-electron chi connectivity index (χ1n) is 20.4. The Balaban J connectivity index is 1.53. The van der Waals surface area contributed by atoms with Crippen LogP contribution in [-0.4, -0.2) is 127 Å². The zero-order valence-electron chi connectivity index (χ0n) is 34.8. The summed E-state index contributed by atoms with van der Waals surface area (Å²) < 4.78 is 34.6. The molecule has 12 atom stereocenters. The van der Waals surface area contributed by atoms with Crippen LogP contribution in [-0.2, 0) is 50.4 Å². The third-order valence-electron chi connectivity index (χ3n) is 10.6. The molecule has 61 heavy (non-hydrogen) atoms. The summed E-state index contributed by atoms with van der Waals surface area (Å²) in [5.74, 6) is -4.31. The summed E-state index contributed by atoms with van der Waals surface area (Å²) in [7, 11) is 0. The molecule has 16 nitrogen and oxygen atoms in total. The molecule has 16 heteroatoms. The SMILES string of the molecule is C/C=C/C=C/C=C/C(=O)OC[C@H]1O[C@@H](O[C@H]2[C@H](OC(=O)/C=C/C=C/CC(O)/C(C)=C/C=C/CCC(C)CC)[C@@H](O)C3(OCc4cc(O)cc(O)c43)O[C@@H]2CO)C(O)[C@@H](O)[C@H]1O. The van der Waals surface area contributed by atoms with Gasteiger partial charge in [-0.1, -0.05) is 87.1 Å². The number of carbonyl (C=O) groups is 2. The summed E-state index contributed by atoms with van der Waals surface area (Å²) in [6, 6.07) is 2.26. The van der Waals surface area contributed by atoms with Gasteiger partial charge in [0, 0.05) is 18.2 Å². The van der Waals surface area contributed by atoms with Gasteiger partial charge in [0.1, 0.15) is 54.7 Å². The molecular weight excluding hydrogens is 796 g/mol. The Morgan fingerprint density at radius 3 is 2.36 bits per heavy atom. The van der Waals surface area contributed by atoms with E-state index in [1.54, 1.807) is 30.4 Å². The van der Waals surface area contributed by atoms with E-state index in [1.165, 1.54) is 24.3 Å². The van der Waals surface area contributed by atoms with Gasteiger partial charge in [-0.2, -0.15) is 0 Å². The van der Waals surface area contributed by atoms with E-state index in [0.29, 0.717) is 5.92 Å². The number of phenols is 2. The van der Waals surface area contributed by atoms with Gasteiger partial charge in [-0.15, -0.1) is 0 Å². The van der Waals surface area contributed by atoms with Crippen LogP contribution in [0, 0.1) is 5.92 Å². The van der Waals surface area contributed by atoms with Gasteiger partial charge >= 0.3 is 11.9 Å². The van der Waals surface area contributed by atoms with Gasteiger partial charge in [0.2, 0.25) is 5.79 Å². The zero-order valence-corrected chi connectivity index (χ0v) is 34.8. The number of allylic oxidation sites excluding steroid dienone is 10. The molecule has 3 aliphatic rings. The van der Waals surface area contributed by atoms with Gasteiger partial charge in [-0.3, -0.25) is 0 Å². The molecule has 0 aliphatic carbocycles. The monoisotopic (exact) mass is 856 g/mol. The molecule has 1 aromatic rings. The molecule has 4 rings (SSSR count). The quantitative estimate of drug-likeness (QED) is 0.0566. The van der Waals surface area contributed by atoms with Crippen LogP contribution in [0.3, 0.4) is 0 Å². The number of aliphatic hydroxyl groups excluding tert-OH is 6. The van der Waals surface area contributed by atoms with Crippen molar-refractivity contribution in [2.45, 2.75) is 127 Å². The number of hydrogen-bond acceptors (Lipinski definition) is 16. The van der Waals surface area contributed by atoms with E-state index in [-0.39, 0.29) is 29.9 Å². The number of esters is 2. The molecule has 1 aromatic carbocycles. The Labute approximate surface area is 355 Å². The molecule has 0 amide bonds. The second-order valence-corrected chi connectivity index (χ2v) is 15.1. The number of hydrogen-bond donors (Lipinski definition) is 8. The Hall–Kier alpha value is -4.46. The standard InChI is InChI=1S/C45H60O16/c1-5-7-8-9-15-20-35(50)56-26-34-38(52)39(53)40(54)44(58-34)60-41-33(24-46)61-45(37-29(25-57-45)22-30(47)23-32(37)49)43(55)42(41)59-36(51)21-16-11-14-19-31(48)28(4)18-13-10-12-17-27(3)6-2/h5,7-11,13-16,18,20-23,27,31,33-34,38-44,46-49,52-55H,6,12,17,19,24-26H2,1-4H3/b7-5+,9-8+,13-10+,14-11+,20-15+,21-16+,28-18+/t27?,31?,33-,34-,38+,39+,40?,41-,42+,43-,44+,45?/m1/s1. The molecular formula is C45H60O16. The van der Waals surface area contributed by atoms with E-state index >= 15 is 0 Å². The molecule has 336 valence electrons. The molecule has 0 aromatic heterocycles. The first kappa shape index (κ1) is 49.2. The lowest BCUT2D eigenvalue weighted by atomic mass is 9.86. The van der Waals surface area contributed by atoms with Gasteiger partial charge in [0.25, 0.3) is 0 Å². The first-order chi connectivity index (χ1) is 29.2. The second-order valence-electron chi connectivity index (χ2n) is 15.1. The molecule has 8 N–H and O–H groups in total. The Morgan fingerprint density at radius 2 is 1.64 bits per heavy atom. The second kappa shape index (κ2) is 23.7. The van der Waals surface area contributed by atoms with Crippen molar-refractivity contribution in [3.8, 4) is 11.5 Å². The molecule has 0 saturated carbocycles. The van der Waals surface area contributed by atoms with E-state index in [2.05, 4.69) is 19.9 Å². The average Bonchev–Trinajstić information content (AvgIpc) is 3.60. The average molecular weight is 857 g/mol. The highest BCUT2D eigenvalue weighted by atomic mass is 16.8. The molecule has 0 bridgehead atoms. The largest absolute Gasteiger partial charge is 0.508 e. The van der Waals surface area contributed by atoms with E-state index in [9.17, 15) is 50.4 Å². The van der Waals surface area contributed by atoms with E-state index in [0.717, 1.165) is 43.1 Å². The highest BCUT2D eigenvalue weighted by molar-refractivity contribution is 5.82. The topological polar surface area (TPSA) is 251 Å². The predicted molar refractivity (Wildman–Crippen MR) is 220 cm³/mol. The molecule has 4 unspecified atom stereocenters. The summed E-state index contributed by atoms with van der Waals surface area (Å²) in [6.45, 7) is 6.23. The Kier molecular flexibility index (Phi) is 19.1. The van der Waals surface area contributed by atoms with Crippen molar-refractivity contribution in [2.75, 3.05) is 13.2 Å². The predicted octanol–water partition coefficient (Wildman–Crippen LogP) is 3.06. The minimum absolute atomic E-state index is 0.112. The van der Waals surface area contributed by atoms with Crippen molar-refractivity contribution in [1.29, 1.82) is 0 Å². The highest BCUT2D eigenvalue weighted by Crippen LogP contribution is 2.51. The van der Waals surface area contributed by atoms with Crippen LogP contribution in [0.4, 0.5) is 0 Å². The lowest BCUT2D eigenvalue weighted by Crippen LogP contribution is -2.67. The maximum atomic E-state index is 13.4. The van der Waals surface area contributed by atoms with Crippen LogP contribution in [0.5, 0.6) is 11.5 Å². The van der Waals surface area contributed by atoms with Gasteiger partial charge in [-0.05, 0) is 56.2 Å². The van der Waals surface area contributed by atoms with Gasteiger partial charge < -0.3 is 69.3 Å². The van der Waals surface area contributed by atoms with Crippen LogP contribution in [0.1, 0.15) is 64.5 Å². The van der Waals surface area contributed by atoms with Gasteiger partial charge in [0.05, 0.1) is 24.9 Å². The molecule has 2 saturated heterocycles.